The number of hydrogen-bond donors (Lipinski definition) is 1. The van der Waals surface area contributed by atoms with E-state index in [0.29, 0.717) is 0 Å². The van der Waals surface area contributed by atoms with Crippen LogP contribution in [-0.4, -0.2) is 5.91 Å². The molecule has 0 fully saturated rings. The standard InChI is InChI=1S/C23H20FNO/c1-17-7-5-6-10-21(17)23(19-8-3-2-4-9-19)25-22(26)16-13-18-11-14-20(24)15-12-18/h2-16,23H,1H3,(H,25,26)/b16-13+. The molecule has 1 N–H and O–H groups in total. The van der Waals surface area contributed by atoms with Gasteiger partial charge in [-0.2, -0.15) is 0 Å². The van der Waals surface area contributed by atoms with Gasteiger partial charge in [0.05, 0.1) is 6.04 Å². The summed E-state index contributed by atoms with van der Waals surface area (Å²) in [7, 11) is 0. The third-order valence-corrected chi connectivity index (χ3v) is 4.22. The molecule has 0 aliphatic heterocycles. The molecule has 1 unspecified atom stereocenters. The summed E-state index contributed by atoms with van der Waals surface area (Å²) in [5, 5.41) is 3.07. The van der Waals surface area contributed by atoms with E-state index in [-0.39, 0.29) is 17.8 Å². The Bertz CT molecular complexity index is 901. The minimum absolute atomic E-state index is 0.202. The molecule has 0 aliphatic carbocycles. The molecule has 3 aromatic rings. The van der Waals surface area contributed by atoms with Crippen molar-refractivity contribution in [3.8, 4) is 0 Å². The number of nitrogens with one attached hydrogen (secondary N) is 1. The average molecular weight is 345 g/mol. The van der Waals surface area contributed by atoms with Gasteiger partial charge < -0.3 is 5.32 Å². The Morgan fingerprint density at radius 3 is 2.27 bits per heavy atom. The van der Waals surface area contributed by atoms with Crippen molar-refractivity contribution in [1.82, 2.24) is 5.32 Å². The van der Waals surface area contributed by atoms with Crippen molar-refractivity contribution in [3.63, 3.8) is 0 Å². The lowest BCUT2D eigenvalue weighted by molar-refractivity contribution is -0.116. The molecule has 0 spiro atoms. The first-order valence-corrected chi connectivity index (χ1v) is 8.48. The first-order chi connectivity index (χ1) is 12.6. The molecular formula is C23H20FNO. The van der Waals surface area contributed by atoms with E-state index in [0.717, 1.165) is 22.3 Å². The van der Waals surface area contributed by atoms with E-state index >= 15 is 0 Å². The van der Waals surface area contributed by atoms with E-state index in [9.17, 15) is 9.18 Å². The largest absolute Gasteiger partial charge is 0.342 e. The van der Waals surface area contributed by atoms with Gasteiger partial charge in [0.25, 0.3) is 0 Å². The zero-order valence-electron chi connectivity index (χ0n) is 14.5. The third kappa shape index (κ3) is 4.45. The van der Waals surface area contributed by atoms with E-state index < -0.39 is 0 Å². The number of halogens is 1. The summed E-state index contributed by atoms with van der Waals surface area (Å²) in [4.78, 5) is 12.5. The molecule has 3 rings (SSSR count). The van der Waals surface area contributed by atoms with E-state index in [2.05, 4.69) is 5.32 Å². The highest BCUT2D eigenvalue weighted by Gasteiger charge is 2.17. The molecule has 0 saturated carbocycles. The highest BCUT2D eigenvalue weighted by molar-refractivity contribution is 5.92. The predicted molar refractivity (Wildman–Crippen MR) is 103 cm³/mol. The van der Waals surface area contributed by atoms with E-state index in [1.165, 1.54) is 18.2 Å². The minimum Gasteiger partial charge on any atom is -0.342 e. The molecule has 1 amide bonds. The van der Waals surface area contributed by atoms with Crippen LogP contribution in [-0.2, 0) is 4.79 Å². The zero-order chi connectivity index (χ0) is 18.4. The van der Waals surface area contributed by atoms with Gasteiger partial charge in [-0.3, -0.25) is 4.79 Å². The van der Waals surface area contributed by atoms with Crippen LogP contribution in [0.2, 0.25) is 0 Å². The number of hydrogen-bond acceptors (Lipinski definition) is 1. The first-order valence-electron chi connectivity index (χ1n) is 8.48. The normalized spacial score (nSPS) is 12.1. The van der Waals surface area contributed by atoms with Crippen LogP contribution in [0.4, 0.5) is 4.39 Å². The predicted octanol–water partition coefficient (Wildman–Crippen LogP) is 5.05. The van der Waals surface area contributed by atoms with Gasteiger partial charge in [-0.1, -0.05) is 66.7 Å². The molecule has 3 heteroatoms. The number of rotatable bonds is 5. The summed E-state index contributed by atoms with van der Waals surface area (Å²) >= 11 is 0. The fourth-order valence-electron chi connectivity index (χ4n) is 2.83. The minimum atomic E-state index is -0.296. The van der Waals surface area contributed by atoms with Crippen LogP contribution >= 0.6 is 0 Å². The Morgan fingerprint density at radius 1 is 0.923 bits per heavy atom. The third-order valence-electron chi connectivity index (χ3n) is 4.22. The van der Waals surface area contributed by atoms with Crippen LogP contribution in [0.1, 0.15) is 28.3 Å². The second-order valence-corrected chi connectivity index (χ2v) is 6.09. The molecule has 0 radical (unpaired) electrons. The second kappa shape index (κ2) is 8.26. The van der Waals surface area contributed by atoms with Crippen molar-refractivity contribution in [2.75, 3.05) is 0 Å². The van der Waals surface area contributed by atoms with E-state index in [1.54, 1.807) is 18.2 Å². The SMILES string of the molecule is Cc1ccccc1C(NC(=O)/C=C/c1ccc(F)cc1)c1ccccc1. The van der Waals surface area contributed by atoms with E-state index in [4.69, 9.17) is 0 Å². The van der Waals surface area contributed by atoms with Crippen LogP contribution in [0.3, 0.4) is 0 Å². The van der Waals surface area contributed by atoms with E-state index in [1.807, 2.05) is 61.5 Å². The Kier molecular flexibility index (Phi) is 5.59. The fraction of sp³-hybridized carbons (Fsp3) is 0.0870. The molecule has 0 bridgehead atoms. The number of carbonyl (C=O) groups excluding carboxylic acids is 1. The molecule has 130 valence electrons. The summed E-state index contributed by atoms with van der Waals surface area (Å²) in [6.45, 7) is 2.03. The fourth-order valence-corrected chi connectivity index (χ4v) is 2.83. The highest BCUT2D eigenvalue weighted by atomic mass is 19.1. The molecule has 0 aromatic heterocycles. The van der Waals surface area contributed by atoms with Gasteiger partial charge in [0.15, 0.2) is 0 Å². The van der Waals surface area contributed by atoms with Gasteiger partial charge in [0.2, 0.25) is 5.91 Å². The molecule has 26 heavy (non-hydrogen) atoms. The van der Waals surface area contributed by atoms with Gasteiger partial charge in [-0.15, -0.1) is 0 Å². The summed E-state index contributed by atoms with van der Waals surface area (Å²) < 4.78 is 13.0. The second-order valence-electron chi connectivity index (χ2n) is 6.09. The Labute approximate surface area is 153 Å². The first kappa shape index (κ1) is 17.6. The summed E-state index contributed by atoms with van der Waals surface area (Å²) in [5.74, 6) is -0.498. The van der Waals surface area contributed by atoms with Gasteiger partial charge in [0.1, 0.15) is 5.82 Å². The molecule has 0 heterocycles. The monoisotopic (exact) mass is 345 g/mol. The van der Waals surface area contributed by atoms with Gasteiger partial charge in [-0.05, 0) is 47.4 Å². The molecule has 3 aromatic carbocycles. The van der Waals surface area contributed by atoms with Crippen molar-refractivity contribution < 1.29 is 9.18 Å². The summed E-state index contributed by atoms with van der Waals surface area (Å²) in [6, 6.07) is 23.7. The van der Waals surface area contributed by atoms with Crippen molar-refractivity contribution >= 4 is 12.0 Å². The molecule has 0 saturated heterocycles. The van der Waals surface area contributed by atoms with Crippen LogP contribution < -0.4 is 5.32 Å². The van der Waals surface area contributed by atoms with Crippen molar-refractivity contribution in [1.29, 1.82) is 0 Å². The lowest BCUT2D eigenvalue weighted by atomic mass is 9.95. The Hall–Kier alpha value is -3.20. The van der Waals surface area contributed by atoms with Crippen molar-refractivity contribution in [3.05, 3.63) is 113 Å². The van der Waals surface area contributed by atoms with Crippen molar-refractivity contribution in [2.24, 2.45) is 0 Å². The number of carbonyl (C=O) groups is 1. The Morgan fingerprint density at radius 2 is 1.58 bits per heavy atom. The van der Waals surface area contributed by atoms with Gasteiger partial charge >= 0.3 is 0 Å². The van der Waals surface area contributed by atoms with Crippen LogP contribution in [0.25, 0.3) is 6.08 Å². The topological polar surface area (TPSA) is 29.1 Å². The molecular weight excluding hydrogens is 325 g/mol. The summed E-state index contributed by atoms with van der Waals surface area (Å²) in [6.07, 6.45) is 3.15. The smallest absolute Gasteiger partial charge is 0.244 e. The molecule has 0 aliphatic rings. The zero-order valence-corrected chi connectivity index (χ0v) is 14.5. The molecule has 2 nitrogen and oxygen atoms in total. The quantitative estimate of drug-likeness (QED) is 0.644. The maximum Gasteiger partial charge on any atom is 0.244 e. The number of benzene rings is 3. The van der Waals surface area contributed by atoms with Crippen LogP contribution in [0, 0.1) is 12.7 Å². The highest BCUT2D eigenvalue weighted by Crippen LogP contribution is 2.24. The molecule has 1 atom stereocenters. The van der Waals surface area contributed by atoms with Crippen LogP contribution in [0.5, 0.6) is 0 Å². The lowest BCUT2D eigenvalue weighted by Crippen LogP contribution is -2.28. The average Bonchev–Trinajstić information content (AvgIpc) is 2.67. The van der Waals surface area contributed by atoms with Gasteiger partial charge in [-0.25, -0.2) is 4.39 Å². The van der Waals surface area contributed by atoms with Crippen molar-refractivity contribution in [2.45, 2.75) is 13.0 Å². The number of aryl methyl sites for hydroxylation is 1. The van der Waals surface area contributed by atoms with Gasteiger partial charge in [0, 0.05) is 6.08 Å². The lowest BCUT2D eigenvalue weighted by Gasteiger charge is -2.21. The number of amides is 1. The maximum absolute atomic E-state index is 13.0. The Balaban J connectivity index is 1.83. The maximum atomic E-state index is 13.0. The van der Waals surface area contributed by atoms with Crippen LogP contribution in [0.15, 0.2) is 84.9 Å². The summed E-state index contributed by atoms with van der Waals surface area (Å²) in [5.41, 5.74) is 3.96.